The number of benzene rings is 1. The predicted octanol–water partition coefficient (Wildman–Crippen LogP) is 3.74. The van der Waals surface area contributed by atoms with Crippen LogP contribution < -0.4 is 5.32 Å². The highest BCUT2D eigenvalue weighted by Gasteiger charge is 2.38. The van der Waals surface area contributed by atoms with E-state index < -0.39 is 0 Å². The van der Waals surface area contributed by atoms with Crippen LogP contribution in [0.15, 0.2) is 24.3 Å². The molecule has 1 N–H and O–H groups in total. The van der Waals surface area contributed by atoms with Crippen molar-refractivity contribution in [2.75, 3.05) is 20.1 Å². The Kier molecular flexibility index (Phi) is 5.17. The average molecular weight is 278 g/mol. The summed E-state index contributed by atoms with van der Waals surface area (Å²) in [5.74, 6) is -0.153. The van der Waals surface area contributed by atoms with Gasteiger partial charge in [-0.05, 0) is 64.0 Å². The molecule has 1 fully saturated rings. The lowest BCUT2D eigenvalue weighted by molar-refractivity contribution is 0.0447. The van der Waals surface area contributed by atoms with Crippen LogP contribution in [0, 0.1) is 5.82 Å². The first-order valence-corrected chi connectivity index (χ1v) is 7.79. The molecule has 0 aliphatic carbocycles. The van der Waals surface area contributed by atoms with Crippen molar-refractivity contribution >= 4 is 0 Å². The molecule has 0 spiro atoms. The van der Waals surface area contributed by atoms with Gasteiger partial charge in [0.1, 0.15) is 5.82 Å². The van der Waals surface area contributed by atoms with Gasteiger partial charge < -0.3 is 5.32 Å². The Hall–Kier alpha value is -0.930. The fourth-order valence-electron chi connectivity index (χ4n) is 3.54. The van der Waals surface area contributed by atoms with Crippen LogP contribution in [0.25, 0.3) is 0 Å². The van der Waals surface area contributed by atoms with E-state index in [0.29, 0.717) is 0 Å². The molecule has 112 valence electrons. The molecule has 2 rings (SSSR count). The van der Waals surface area contributed by atoms with E-state index in [1.54, 1.807) is 12.1 Å². The van der Waals surface area contributed by atoms with Crippen LogP contribution in [-0.2, 0) is 0 Å². The normalized spacial score (nSPS) is 21.4. The summed E-state index contributed by atoms with van der Waals surface area (Å²) in [6.07, 6.45) is 4.93. The van der Waals surface area contributed by atoms with E-state index in [1.807, 2.05) is 13.1 Å². The van der Waals surface area contributed by atoms with E-state index in [9.17, 15) is 4.39 Å². The Balaban J connectivity index is 2.30. The van der Waals surface area contributed by atoms with Gasteiger partial charge >= 0.3 is 0 Å². The molecule has 1 saturated heterocycles. The molecule has 2 nitrogen and oxygen atoms in total. The molecule has 1 aliphatic heterocycles. The maximum atomic E-state index is 13.6. The maximum absolute atomic E-state index is 13.6. The van der Waals surface area contributed by atoms with Crippen molar-refractivity contribution in [3.05, 3.63) is 35.6 Å². The number of nitrogens with one attached hydrogen (secondary N) is 1. The quantitative estimate of drug-likeness (QED) is 0.882. The van der Waals surface area contributed by atoms with E-state index in [1.165, 1.54) is 25.3 Å². The van der Waals surface area contributed by atoms with Gasteiger partial charge in [-0.25, -0.2) is 4.39 Å². The summed E-state index contributed by atoms with van der Waals surface area (Å²) in [6, 6.07) is 7.17. The van der Waals surface area contributed by atoms with Crippen LogP contribution in [0.3, 0.4) is 0 Å². The molecule has 1 aromatic carbocycles. The number of piperidine rings is 1. The summed E-state index contributed by atoms with van der Waals surface area (Å²) in [5, 5.41) is 3.43. The van der Waals surface area contributed by atoms with Crippen LogP contribution >= 0.6 is 0 Å². The number of halogens is 1. The third-order valence-corrected chi connectivity index (χ3v) is 4.89. The highest BCUT2D eigenvalue weighted by molar-refractivity contribution is 5.24. The highest BCUT2D eigenvalue weighted by atomic mass is 19.1. The molecule has 0 radical (unpaired) electrons. The molecule has 20 heavy (non-hydrogen) atoms. The van der Waals surface area contributed by atoms with Crippen LogP contribution in [0.2, 0.25) is 0 Å². The monoisotopic (exact) mass is 278 g/mol. The van der Waals surface area contributed by atoms with Crippen molar-refractivity contribution in [1.29, 1.82) is 0 Å². The Labute approximate surface area is 122 Å². The van der Waals surface area contributed by atoms with Gasteiger partial charge in [-0.3, -0.25) is 4.90 Å². The SMILES string of the molecule is CCC(C)(C(NC)c1cccc(F)c1)N1CCCCC1. The molecule has 0 saturated carbocycles. The largest absolute Gasteiger partial charge is 0.311 e. The third-order valence-electron chi connectivity index (χ3n) is 4.89. The molecule has 0 aromatic heterocycles. The second-order valence-electron chi connectivity index (χ2n) is 6.04. The van der Waals surface area contributed by atoms with Crippen molar-refractivity contribution in [1.82, 2.24) is 10.2 Å². The van der Waals surface area contributed by atoms with E-state index in [0.717, 1.165) is 25.1 Å². The van der Waals surface area contributed by atoms with Crippen LogP contribution in [0.1, 0.15) is 51.1 Å². The van der Waals surface area contributed by atoms with E-state index in [2.05, 4.69) is 24.1 Å². The molecule has 1 aromatic rings. The lowest BCUT2D eigenvalue weighted by Gasteiger charge is -2.48. The number of likely N-dealkylation sites (N-methyl/N-ethyl adjacent to an activating group) is 1. The molecule has 3 heteroatoms. The minimum absolute atomic E-state index is 0.0307. The van der Waals surface area contributed by atoms with Crippen molar-refractivity contribution in [2.45, 2.75) is 51.1 Å². The zero-order chi connectivity index (χ0) is 14.6. The second-order valence-corrected chi connectivity index (χ2v) is 6.04. The summed E-state index contributed by atoms with van der Waals surface area (Å²) in [4.78, 5) is 2.59. The fourth-order valence-corrected chi connectivity index (χ4v) is 3.54. The summed E-state index contributed by atoms with van der Waals surface area (Å²) in [6.45, 7) is 6.85. The van der Waals surface area contributed by atoms with Gasteiger partial charge in [-0.2, -0.15) is 0 Å². The van der Waals surface area contributed by atoms with Gasteiger partial charge in [0.25, 0.3) is 0 Å². The van der Waals surface area contributed by atoms with Gasteiger partial charge in [-0.15, -0.1) is 0 Å². The number of hydrogen-bond donors (Lipinski definition) is 1. The summed E-state index contributed by atoms with van der Waals surface area (Å²) < 4.78 is 13.6. The van der Waals surface area contributed by atoms with Crippen molar-refractivity contribution < 1.29 is 4.39 Å². The van der Waals surface area contributed by atoms with Gasteiger partial charge in [0.2, 0.25) is 0 Å². The molecule has 0 bridgehead atoms. The van der Waals surface area contributed by atoms with Crippen molar-refractivity contribution in [2.24, 2.45) is 0 Å². The van der Waals surface area contributed by atoms with E-state index in [4.69, 9.17) is 0 Å². The standard InChI is InChI=1S/C17H27FN2/c1-4-17(2,20-11-6-5-7-12-20)16(19-3)14-9-8-10-15(18)13-14/h8-10,13,16,19H,4-7,11-12H2,1-3H3. The van der Waals surface area contributed by atoms with E-state index in [-0.39, 0.29) is 17.4 Å². The third kappa shape index (κ3) is 3.04. The van der Waals surface area contributed by atoms with Crippen LogP contribution in [-0.4, -0.2) is 30.6 Å². The average Bonchev–Trinajstić information content (AvgIpc) is 2.48. The lowest BCUT2D eigenvalue weighted by atomic mass is 9.82. The first-order chi connectivity index (χ1) is 9.61. The molecular formula is C17H27FN2. The van der Waals surface area contributed by atoms with Gasteiger partial charge in [0, 0.05) is 5.54 Å². The molecule has 2 unspecified atom stereocenters. The minimum Gasteiger partial charge on any atom is -0.311 e. The Morgan fingerprint density at radius 2 is 2.00 bits per heavy atom. The summed E-state index contributed by atoms with van der Waals surface area (Å²) in [5.41, 5.74) is 1.07. The maximum Gasteiger partial charge on any atom is 0.123 e. The molecule has 0 amide bonds. The number of hydrogen-bond acceptors (Lipinski definition) is 2. The second kappa shape index (κ2) is 6.68. The smallest absolute Gasteiger partial charge is 0.123 e. The molecule has 1 heterocycles. The fraction of sp³-hybridized carbons (Fsp3) is 0.647. The van der Waals surface area contributed by atoms with Crippen molar-refractivity contribution in [3.8, 4) is 0 Å². The Morgan fingerprint density at radius 1 is 1.30 bits per heavy atom. The predicted molar refractivity (Wildman–Crippen MR) is 82.3 cm³/mol. The molecular weight excluding hydrogens is 251 g/mol. The van der Waals surface area contributed by atoms with Gasteiger partial charge in [-0.1, -0.05) is 25.5 Å². The van der Waals surface area contributed by atoms with Crippen molar-refractivity contribution in [3.63, 3.8) is 0 Å². The highest BCUT2D eigenvalue weighted by Crippen LogP contribution is 2.36. The first kappa shape index (κ1) is 15.5. The van der Waals surface area contributed by atoms with Crippen LogP contribution in [0.4, 0.5) is 4.39 Å². The number of likely N-dealkylation sites (tertiary alicyclic amines) is 1. The summed E-state index contributed by atoms with van der Waals surface area (Å²) >= 11 is 0. The zero-order valence-electron chi connectivity index (χ0n) is 13.0. The Bertz CT molecular complexity index is 429. The van der Waals surface area contributed by atoms with Crippen LogP contribution in [0.5, 0.6) is 0 Å². The molecule has 2 atom stereocenters. The number of rotatable bonds is 5. The van der Waals surface area contributed by atoms with Gasteiger partial charge in [0.15, 0.2) is 0 Å². The van der Waals surface area contributed by atoms with E-state index >= 15 is 0 Å². The number of nitrogens with zero attached hydrogens (tertiary/aromatic N) is 1. The lowest BCUT2D eigenvalue weighted by Crippen LogP contribution is -2.55. The Morgan fingerprint density at radius 3 is 2.55 bits per heavy atom. The van der Waals surface area contributed by atoms with Gasteiger partial charge in [0.05, 0.1) is 6.04 Å². The molecule has 1 aliphatic rings. The summed E-state index contributed by atoms with van der Waals surface area (Å²) in [7, 11) is 1.98. The first-order valence-electron chi connectivity index (χ1n) is 7.79. The minimum atomic E-state index is -0.153. The topological polar surface area (TPSA) is 15.3 Å². The zero-order valence-corrected chi connectivity index (χ0v) is 13.0.